The van der Waals surface area contributed by atoms with Gasteiger partial charge in [0.1, 0.15) is 0 Å². The van der Waals surface area contributed by atoms with Gasteiger partial charge in [-0.2, -0.15) is 0 Å². The highest BCUT2D eigenvalue weighted by Crippen LogP contribution is 2.24. The van der Waals surface area contributed by atoms with E-state index in [0.29, 0.717) is 0 Å². The SMILES string of the molecule is O=C(NCCC1=CCCCC1)C1CCCN(Cc2cccc3ccccc23)C1. The van der Waals surface area contributed by atoms with Crippen molar-refractivity contribution in [1.82, 2.24) is 10.2 Å². The molecule has 0 aromatic heterocycles. The van der Waals surface area contributed by atoms with Crippen molar-refractivity contribution in [2.75, 3.05) is 19.6 Å². The van der Waals surface area contributed by atoms with Crippen LogP contribution in [0.15, 0.2) is 54.1 Å². The van der Waals surface area contributed by atoms with E-state index in [9.17, 15) is 4.79 Å². The minimum Gasteiger partial charge on any atom is -0.356 e. The normalized spacial score (nSPS) is 20.7. The molecule has 1 atom stereocenters. The molecule has 1 fully saturated rings. The number of fused-ring (bicyclic) bond motifs is 1. The van der Waals surface area contributed by atoms with E-state index in [4.69, 9.17) is 0 Å². The first kappa shape index (κ1) is 19.2. The van der Waals surface area contributed by atoms with Crippen molar-refractivity contribution in [3.8, 4) is 0 Å². The van der Waals surface area contributed by atoms with Gasteiger partial charge in [-0.3, -0.25) is 9.69 Å². The molecule has 3 nitrogen and oxygen atoms in total. The van der Waals surface area contributed by atoms with Gasteiger partial charge in [0.2, 0.25) is 5.91 Å². The topological polar surface area (TPSA) is 32.3 Å². The second-order valence-corrected chi connectivity index (χ2v) is 8.36. The van der Waals surface area contributed by atoms with Crippen LogP contribution < -0.4 is 5.32 Å². The predicted octanol–water partition coefficient (Wildman–Crippen LogP) is 5.06. The van der Waals surface area contributed by atoms with Gasteiger partial charge in [0.25, 0.3) is 0 Å². The number of hydrogen-bond acceptors (Lipinski definition) is 2. The summed E-state index contributed by atoms with van der Waals surface area (Å²) in [6, 6.07) is 15.1. The fourth-order valence-corrected chi connectivity index (χ4v) is 4.71. The Kier molecular flexibility index (Phi) is 6.43. The van der Waals surface area contributed by atoms with Crippen molar-refractivity contribution < 1.29 is 4.79 Å². The second-order valence-electron chi connectivity index (χ2n) is 8.36. The van der Waals surface area contributed by atoms with Crippen LogP contribution in [0.3, 0.4) is 0 Å². The van der Waals surface area contributed by atoms with E-state index in [1.165, 1.54) is 47.6 Å². The summed E-state index contributed by atoms with van der Waals surface area (Å²) in [7, 11) is 0. The standard InChI is InChI=1S/C25H32N2O/c28-25(26-16-15-20-8-2-1-3-9-20)23-13-7-17-27(19-23)18-22-12-6-11-21-10-4-5-14-24(21)22/h4-6,8,10-12,14,23H,1-3,7,9,13,15-19H2,(H,26,28). The molecule has 2 aromatic rings. The van der Waals surface area contributed by atoms with Crippen molar-refractivity contribution >= 4 is 16.7 Å². The molecule has 0 bridgehead atoms. The highest BCUT2D eigenvalue weighted by Gasteiger charge is 2.25. The highest BCUT2D eigenvalue weighted by atomic mass is 16.1. The van der Waals surface area contributed by atoms with E-state index in [1.54, 1.807) is 0 Å². The largest absolute Gasteiger partial charge is 0.356 e. The molecule has 0 saturated carbocycles. The molecule has 0 spiro atoms. The Morgan fingerprint density at radius 3 is 2.86 bits per heavy atom. The molecule has 3 heteroatoms. The lowest BCUT2D eigenvalue weighted by Gasteiger charge is -2.32. The molecule has 1 heterocycles. The lowest BCUT2D eigenvalue weighted by Crippen LogP contribution is -2.43. The number of amides is 1. The Bertz CT molecular complexity index is 836. The number of allylic oxidation sites excluding steroid dienone is 1. The molecular formula is C25H32N2O. The van der Waals surface area contributed by atoms with Gasteiger partial charge < -0.3 is 5.32 Å². The van der Waals surface area contributed by atoms with E-state index in [2.05, 4.69) is 58.8 Å². The van der Waals surface area contributed by atoms with Gasteiger partial charge in [-0.25, -0.2) is 0 Å². The van der Waals surface area contributed by atoms with Crippen LogP contribution in [0, 0.1) is 5.92 Å². The average Bonchev–Trinajstić information content (AvgIpc) is 2.75. The summed E-state index contributed by atoms with van der Waals surface area (Å²) in [4.78, 5) is 15.2. The minimum absolute atomic E-state index is 0.129. The third kappa shape index (κ3) is 4.82. The summed E-state index contributed by atoms with van der Waals surface area (Å²) in [6.45, 7) is 3.68. The molecular weight excluding hydrogens is 344 g/mol. The number of nitrogens with one attached hydrogen (secondary N) is 1. The monoisotopic (exact) mass is 376 g/mol. The van der Waals surface area contributed by atoms with Crippen LogP contribution >= 0.6 is 0 Å². The fraction of sp³-hybridized carbons (Fsp3) is 0.480. The summed E-state index contributed by atoms with van der Waals surface area (Å²) in [5.41, 5.74) is 2.90. The Morgan fingerprint density at radius 2 is 1.96 bits per heavy atom. The van der Waals surface area contributed by atoms with E-state index in [1.807, 2.05) is 0 Å². The van der Waals surface area contributed by atoms with Crippen LogP contribution in [-0.2, 0) is 11.3 Å². The Balaban J connectivity index is 1.31. The van der Waals surface area contributed by atoms with E-state index in [0.717, 1.165) is 45.4 Å². The molecule has 0 radical (unpaired) electrons. The molecule has 1 saturated heterocycles. The predicted molar refractivity (Wildman–Crippen MR) is 116 cm³/mol. The summed E-state index contributed by atoms with van der Waals surface area (Å²) in [5, 5.41) is 5.83. The summed E-state index contributed by atoms with van der Waals surface area (Å²) in [6.07, 6.45) is 10.6. The van der Waals surface area contributed by atoms with Crippen LogP contribution in [0.5, 0.6) is 0 Å². The first-order valence-electron chi connectivity index (χ1n) is 10.9. The van der Waals surface area contributed by atoms with Gasteiger partial charge >= 0.3 is 0 Å². The van der Waals surface area contributed by atoms with E-state index in [-0.39, 0.29) is 11.8 Å². The first-order chi connectivity index (χ1) is 13.8. The molecule has 2 aromatic carbocycles. The number of benzene rings is 2. The molecule has 1 N–H and O–H groups in total. The van der Waals surface area contributed by atoms with Crippen molar-refractivity contribution in [3.05, 3.63) is 59.7 Å². The fourth-order valence-electron chi connectivity index (χ4n) is 4.71. The second kappa shape index (κ2) is 9.38. The zero-order valence-electron chi connectivity index (χ0n) is 16.8. The van der Waals surface area contributed by atoms with Gasteiger partial charge in [0.05, 0.1) is 5.92 Å². The molecule has 4 rings (SSSR count). The van der Waals surface area contributed by atoms with Gasteiger partial charge in [-0.05, 0) is 67.8 Å². The van der Waals surface area contributed by atoms with Gasteiger partial charge in [-0.15, -0.1) is 0 Å². The van der Waals surface area contributed by atoms with Gasteiger partial charge in [0, 0.05) is 19.6 Å². The Labute approximate surface area is 168 Å². The first-order valence-corrected chi connectivity index (χ1v) is 10.9. The van der Waals surface area contributed by atoms with Crippen molar-refractivity contribution in [2.45, 2.75) is 51.5 Å². The number of carbonyl (C=O) groups excluding carboxylic acids is 1. The summed E-state index contributed by atoms with van der Waals surface area (Å²) in [5.74, 6) is 0.378. The molecule has 28 heavy (non-hydrogen) atoms. The molecule has 1 amide bonds. The maximum Gasteiger partial charge on any atom is 0.224 e. The minimum atomic E-state index is 0.129. The van der Waals surface area contributed by atoms with Crippen LogP contribution in [0.1, 0.15) is 50.5 Å². The van der Waals surface area contributed by atoms with Crippen molar-refractivity contribution in [3.63, 3.8) is 0 Å². The van der Waals surface area contributed by atoms with Crippen LogP contribution in [0.4, 0.5) is 0 Å². The third-order valence-electron chi connectivity index (χ3n) is 6.28. The lowest BCUT2D eigenvalue weighted by molar-refractivity contribution is -0.126. The highest BCUT2D eigenvalue weighted by molar-refractivity contribution is 5.85. The number of carbonyl (C=O) groups is 1. The zero-order valence-corrected chi connectivity index (χ0v) is 16.8. The summed E-state index contributed by atoms with van der Waals surface area (Å²) < 4.78 is 0. The summed E-state index contributed by atoms with van der Waals surface area (Å²) >= 11 is 0. The third-order valence-corrected chi connectivity index (χ3v) is 6.28. The quantitative estimate of drug-likeness (QED) is 0.715. The van der Waals surface area contributed by atoms with E-state index >= 15 is 0 Å². The number of rotatable bonds is 6. The number of hydrogen-bond donors (Lipinski definition) is 1. The van der Waals surface area contributed by atoms with Crippen LogP contribution in [-0.4, -0.2) is 30.4 Å². The number of likely N-dealkylation sites (tertiary alicyclic amines) is 1. The molecule has 148 valence electrons. The molecule has 2 aliphatic rings. The molecule has 1 aliphatic heterocycles. The Hall–Kier alpha value is -2.13. The van der Waals surface area contributed by atoms with Crippen molar-refractivity contribution in [1.29, 1.82) is 0 Å². The number of piperidine rings is 1. The maximum absolute atomic E-state index is 12.7. The lowest BCUT2D eigenvalue weighted by atomic mass is 9.95. The maximum atomic E-state index is 12.7. The van der Waals surface area contributed by atoms with Crippen LogP contribution in [0.25, 0.3) is 10.8 Å². The van der Waals surface area contributed by atoms with E-state index < -0.39 is 0 Å². The van der Waals surface area contributed by atoms with Crippen molar-refractivity contribution in [2.24, 2.45) is 5.92 Å². The number of nitrogens with zero attached hydrogens (tertiary/aromatic N) is 1. The molecule has 1 unspecified atom stereocenters. The zero-order chi connectivity index (χ0) is 19.2. The van der Waals surface area contributed by atoms with Gasteiger partial charge in [0.15, 0.2) is 0 Å². The van der Waals surface area contributed by atoms with Gasteiger partial charge in [-0.1, -0.05) is 54.1 Å². The molecule has 1 aliphatic carbocycles. The smallest absolute Gasteiger partial charge is 0.224 e. The average molecular weight is 377 g/mol. The Morgan fingerprint density at radius 1 is 1.07 bits per heavy atom. The van der Waals surface area contributed by atoms with Crippen LogP contribution in [0.2, 0.25) is 0 Å².